The van der Waals surface area contributed by atoms with Crippen LogP contribution in [0.5, 0.6) is 0 Å². The van der Waals surface area contributed by atoms with Crippen LogP contribution >= 0.6 is 0 Å². The second kappa shape index (κ2) is 8.62. The van der Waals surface area contributed by atoms with Crippen LogP contribution in [0.4, 0.5) is 0 Å². The molecule has 0 amide bonds. The third-order valence-electron chi connectivity index (χ3n) is 0.835. The van der Waals surface area contributed by atoms with Gasteiger partial charge in [0.05, 0.1) is 26.4 Å². The summed E-state index contributed by atoms with van der Waals surface area (Å²) in [5.41, 5.74) is 0. The van der Waals surface area contributed by atoms with E-state index < -0.39 is 0 Å². The maximum Gasteiger partial charge on any atom is 0.106 e. The Bertz CT molecular complexity index is 73.3. The fourth-order valence-electron chi connectivity index (χ4n) is 0.446. The van der Waals surface area contributed by atoms with Gasteiger partial charge in [-0.05, 0) is 0 Å². The van der Waals surface area contributed by atoms with Crippen LogP contribution in [0.2, 0.25) is 0 Å². The zero-order valence-corrected chi connectivity index (χ0v) is 6.04. The van der Waals surface area contributed by atoms with Crippen LogP contribution in [-0.4, -0.2) is 33.0 Å². The number of rotatable bonds is 7. The van der Waals surface area contributed by atoms with Crippen LogP contribution in [-0.2, 0) is 14.6 Å². The first-order chi connectivity index (χ1) is 4.91. The minimum atomic E-state index is -0.179. The normalized spacial score (nSPS) is 9.70. The second-order valence-electron chi connectivity index (χ2n) is 1.68. The van der Waals surface area contributed by atoms with E-state index in [2.05, 4.69) is 6.58 Å². The molecular formula is C7H13O3. The summed E-state index contributed by atoms with van der Waals surface area (Å²) < 4.78 is 9.84. The summed E-state index contributed by atoms with van der Waals surface area (Å²) in [4.78, 5) is 0. The Morgan fingerprint density at radius 2 is 1.90 bits per heavy atom. The topological polar surface area (TPSA) is 38.4 Å². The van der Waals surface area contributed by atoms with E-state index in [1.54, 1.807) is 6.08 Å². The maximum absolute atomic E-state index is 9.84. The lowest BCUT2D eigenvalue weighted by Crippen LogP contribution is -2.06. The Morgan fingerprint density at radius 3 is 2.50 bits per heavy atom. The Labute approximate surface area is 61.3 Å². The molecule has 3 nitrogen and oxygen atoms in total. The third kappa shape index (κ3) is 7.62. The van der Waals surface area contributed by atoms with Crippen LogP contribution < -0.4 is 0 Å². The first-order valence-corrected chi connectivity index (χ1v) is 3.26. The predicted octanol–water partition coefficient (Wildman–Crippen LogP) is 0.636. The fourth-order valence-corrected chi connectivity index (χ4v) is 0.446. The van der Waals surface area contributed by atoms with Gasteiger partial charge >= 0.3 is 0 Å². The molecule has 0 saturated heterocycles. The molecule has 0 fully saturated rings. The molecule has 0 spiro atoms. The summed E-state index contributed by atoms with van der Waals surface area (Å²) in [5.74, 6) is 0. The second-order valence-corrected chi connectivity index (χ2v) is 1.68. The van der Waals surface area contributed by atoms with E-state index in [0.717, 1.165) is 0 Å². The molecular weight excluding hydrogens is 132 g/mol. The van der Waals surface area contributed by atoms with E-state index in [1.165, 1.54) is 0 Å². The molecule has 59 valence electrons. The molecule has 10 heavy (non-hydrogen) atoms. The number of ether oxygens (including phenoxy) is 2. The van der Waals surface area contributed by atoms with Gasteiger partial charge in [-0.1, -0.05) is 6.08 Å². The van der Waals surface area contributed by atoms with Gasteiger partial charge < -0.3 is 9.47 Å². The Balaban J connectivity index is 2.70. The third-order valence-corrected chi connectivity index (χ3v) is 0.835. The van der Waals surface area contributed by atoms with E-state index in [0.29, 0.717) is 19.8 Å². The number of hydrogen-bond donors (Lipinski definition) is 0. The molecule has 0 aliphatic carbocycles. The molecule has 0 atom stereocenters. The molecule has 0 aromatic heterocycles. The van der Waals surface area contributed by atoms with Gasteiger partial charge in [-0.2, -0.15) is 0 Å². The van der Waals surface area contributed by atoms with Gasteiger partial charge in [-0.3, -0.25) is 0 Å². The van der Waals surface area contributed by atoms with Gasteiger partial charge in [0.1, 0.15) is 6.61 Å². The standard InChI is InChI=1S/C7H13O3/c1-2-4-9-6-7-10-5-3-8/h2H,1,3-7H2. The van der Waals surface area contributed by atoms with Crippen molar-refractivity contribution in [2.45, 2.75) is 0 Å². The lowest BCUT2D eigenvalue weighted by atomic mass is 10.7. The Hall–Kier alpha value is -0.380. The lowest BCUT2D eigenvalue weighted by Gasteiger charge is -2.00. The first-order valence-electron chi connectivity index (χ1n) is 3.26. The fraction of sp³-hybridized carbons (Fsp3) is 0.714. The van der Waals surface area contributed by atoms with Crippen molar-refractivity contribution in [2.75, 3.05) is 33.0 Å². The van der Waals surface area contributed by atoms with Gasteiger partial charge in [0.2, 0.25) is 0 Å². The van der Waals surface area contributed by atoms with Crippen LogP contribution in [0.3, 0.4) is 0 Å². The van der Waals surface area contributed by atoms with E-state index in [1.807, 2.05) is 0 Å². The van der Waals surface area contributed by atoms with E-state index >= 15 is 0 Å². The quantitative estimate of drug-likeness (QED) is 0.389. The molecule has 0 aliphatic rings. The Morgan fingerprint density at radius 1 is 1.20 bits per heavy atom. The highest BCUT2D eigenvalue weighted by molar-refractivity contribution is 4.63. The van der Waals surface area contributed by atoms with Gasteiger partial charge in [-0.25, -0.2) is 5.11 Å². The van der Waals surface area contributed by atoms with Gasteiger partial charge in [0.15, 0.2) is 0 Å². The molecule has 0 N–H and O–H groups in total. The monoisotopic (exact) mass is 145 g/mol. The van der Waals surface area contributed by atoms with Crippen LogP contribution in [0.15, 0.2) is 12.7 Å². The molecule has 0 bridgehead atoms. The van der Waals surface area contributed by atoms with Crippen molar-refractivity contribution in [3.8, 4) is 0 Å². The molecule has 1 radical (unpaired) electrons. The van der Waals surface area contributed by atoms with Crippen molar-refractivity contribution < 1.29 is 14.6 Å². The summed E-state index contributed by atoms with van der Waals surface area (Å²) >= 11 is 0. The highest BCUT2D eigenvalue weighted by Crippen LogP contribution is 1.77. The average molecular weight is 145 g/mol. The molecule has 0 aromatic rings. The van der Waals surface area contributed by atoms with Crippen molar-refractivity contribution in [3.63, 3.8) is 0 Å². The molecule has 0 rings (SSSR count). The molecule has 0 saturated carbocycles. The van der Waals surface area contributed by atoms with Crippen LogP contribution in [0.25, 0.3) is 0 Å². The predicted molar refractivity (Wildman–Crippen MR) is 37.4 cm³/mol. The maximum atomic E-state index is 9.84. The lowest BCUT2D eigenvalue weighted by molar-refractivity contribution is 0.0272. The summed E-state index contributed by atoms with van der Waals surface area (Å²) in [6.07, 6.45) is 1.67. The zero-order chi connectivity index (χ0) is 7.66. The number of hydrogen-bond acceptors (Lipinski definition) is 2. The first kappa shape index (κ1) is 9.62. The van der Waals surface area contributed by atoms with Crippen LogP contribution in [0, 0.1) is 0 Å². The summed E-state index contributed by atoms with van der Waals surface area (Å²) in [6, 6.07) is 0. The van der Waals surface area contributed by atoms with Gasteiger partial charge in [-0.15, -0.1) is 6.58 Å². The van der Waals surface area contributed by atoms with Crippen molar-refractivity contribution in [1.29, 1.82) is 0 Å². The molecule has 0 unspecified atom stereocenters. The minimum Gasteiger partial charge on any atom is -0.377 e. The van der Waals surface area contributed by atoms with E-state index in [9.17, 15) is 5.11 Å². The van der Waals surface area contributed by atoms with Crippen LogP contribution in [0.1, 0.15) is 0 Å². The zero-order valence-electron chi connectivity index (χ0n) is 6.04. The van der Waals surface area contributed by atoms with Crippen molar-refractivity contribution in [2.24, 2.45) is 0 Å². The minimum absolute atomic E-state index is 0.179. The van der Waals surface area contributed by atoms with E-state index in [4.69, 9.17) is 9.47 Å². The van der Waals surface area contributed by atoms with Crippen molar-refractivity contribution in [3.05, 3.63) is 12.7 Å². The largest absolute Gasteiger partial charge is 0.377 e. The summed E-state index contributed by atoms with van der Waals surface area (Å²) in [5, 5.41) is 9.84. The average Bonchev–Trinajstić information content (AvgIpc) is 1.97. The van der Waals surface area contributed by atoms with Gasteiger partial charge in [0.25, 0.3) is 0 Å². The molecule has 0 aromatic carbocycles. The summed E-state index contributed by atoms with van der Waals surface area (Å²) in [7, 11) is 0. The van der Waals surface area contributed by atoms with Gasteiger partial charge in [0, 0.05) is 0 Å². The highest BCUT2D eigenvalue weighted by atomic mass is 16.5. The van der Waals surface area contributed by atoms with E-state index in [-0.39, 0.29) is 13.2 Å². The van der Waals surface area contributed by atoms with Crippen molar-refractivity contribution >= 4 is 0 Å². The molecule has 0 aliphatic heterocycles. The highest BCUT2D eigenvalue weighted by Gasteiger charge is 1.85. The smallest absolute Gasteiger partial charge is 0.106 e. The SMILES string of the molecule is C=CCOCCOCC[O]. The summed E-state index contributed by atoms with van der Waals surface area (Å²) in [6.45, 7) is 5.15. The van der Waals surface area contributed by atoms with Crippen molar-refractivity contribution in [1.82, 2.24) is 0 Å². The Kier molecular flexibility index (Phi) is 8.29. The molecule has 0 heterocycles. The molecule has 3 heteroatoms.